The minimum absolute atomic E-state index is 0.252. The molecule has 0 aliphatic carbocycles. The highest BCUT2D eigenvalue weighted by Gasteiger charge is 2.22. The fourth-order valence-electron chi connectivity index (χ4n) is 2.82. The van der Waals surface area contributed by atoms with Crippen molar-refractivity contribution in [2.45, 2.75) is 35.8 Å². The molecule has 1 aromatic carbocycles. The minimum atomic E-state index is -2.84. The summed E-state index contributed by atoms with van der Waals surface area (Å²) in [5, 5.41) is 5.52. The van der Waals surface area contributed by atoms with Gasteiger partial charge in [-0.1, -0.05) is 32.0 Å². The Hall–Kier alpha value is -2.19. The Bertz CT molecular complexity index is 1130. The number of nitrogens with zero attached hydrogens (tertiary/aromatic N) is 4. The number of benzene rings is 1. The number of fused-ring (bicyclic) bond motifs is 1. The number of carbonyl (C=O) groups is 1. The molecule has 0 saturated heterocycles. The van der Waals surface area contributed by atoms with Gasteiger partial charge >= 0.3 is 0 Å². The third-order valence-electron chi connectivity index (χ3n) is 4.00. The molecule has 2 aromatic heterocycles. The van der Waals surface area contributed by atoms with Gasteiger partial charge in [-0.2, -0.15) is 9.46 Å². The Kier molecular flexibility index (Phi) is 5.39. The first-order chi connectivity index (χ1) is 12.7. The molecule has 0 bridgehead atoms. The molecule has 1 amide bonds. The normalized spacial score (nSPS) is 13.7. The van der Waals surface area contributed by atoms with E-state index in [-0.39, 0.29) is 5.25 Å². The molecule has 0 spiro atoms. The van der Waals surface area contributed by atoms with Crippen LogP contribution in [0, 0.1) is 6.92 Å². The lowest BCUT2D eigenvalue weighted by atomic mass is 10.2. The van der Waals surface area contributed by atoms with Crippen molar-refractivity contribution in [1.29, 1.82) is 0 Å². The standard InChI is InChI=1S/C19H22N4O2S2/c1-12(2)26-17-15(11-20-18-16(17)13(3)21-23(18)4)19(24)22-27(5,25)14-9-7-6-8-10-14/h6-12H,1-5H3/t27-/m1/s1. The largest absolute Gasteiger partial charge is 0.288 e. The smallest absolute Gasteiger partial charge is 0.266 e. The third-order valence-corrected chi connectivity index (χ3v) is 6.79. The van der Waals surface area contributed by atoms with E-state index in [1.54, 1.807) is 40.7 Å². The summed E-state index contributed by atoms with van der Waals surface area (Å²) in [5.41, 5.74) is 1.88. The summed E-state index contributed by atoms with van der Waals surface area (Å²) in [4.78, 5) is 18.7. The van der Waals surface area contributed by atoms with Gasteiger partial charge in [-0.3, -0.25) is 9.48 Å². The van der Waals surface area contributed by atoms with Crippen LogP contribution in [0.3, 0.4) is 0 Å². The Morgan fingerprint density at radius 3 is 2.56 bits per heavy atom. The van der Waals surface area contributed by atoms with E-state index in [2.05, 4.69) is 28.3 Å². The van der Waals surface area contributed by atoms with Crippen LogP contribution in [0.25, 0.3) is 11.0 Å². The third kappa shape index (κ3) is 3.91. The molecule has 6 nitrogen and oxygen atoms in total. The van der Waals surface area contributed by atoms with Gasteiger partial charge in [0.05, 0.1) is 26.4 Å². The molecule has 0 saturated carbocycles. The maximum atomic E-state index is 13.0. The Morgan fingerprint density at radius 2 is 1.93 bits per heavy atom. The first kappa shape index (κ1) is 19.6. The Morgan fingerprint density at radius 1 is 1.26 bits per heavy atom. The van der Waals surface area contributed by atoms with E-state index >= 15 is 0 Å². The van der Waals surface area contributed by atoms with E-state index in [0.29, 0.717) is 16.1 Å². The van der Waals surface area contributed by atoms with Crippen molar-refractivity contribution in [3.05, 3.63) is 47.8 Å². The molecular weight excluding hydrogens is 380 g/mol. The summed E-state index contributed by atoms with van der Waals surface area (Å²) in [6.45, 7) is 6.01. The van der Waals surface area contributed by atoms with Crippen LogP contribution in [0.5, 0.6) is 0 Å². The molecule has 0 aliphatic rings. The van der Waals surface area contributed by atoms with Crippen molar-refractivity contribution in [2.24, 2.45) is 11.4 Å². The topological polar surface area (TPSA) is 77.2 Å². The maximum Gasteiger partial charge on any atom is 0.288 e. The van der Waals surface area contributed by atoms with Crippen LogP contribution >= 0.6 is 11.8 Å². The molecule has 0 N–H and O–H groups in total. The van der Waals surface area contributed by atoms with Crippen molar-refractivity contribution in [2.75, 3.05) is 6.26 Å². The van der Waals surface area contributed by atoms with Gasteiger partial charge in [-0.05, 0) is 19.1 Å². The SMILES string of the molecule is Cc1nn(C)c2ncc(C(=O)N=[S@](C)(=O)c3ccccc3)c(SC(C)C)c12. The highest BCUT2D eigenvalue weighted by atomic mass is 32.2. The molecule has 27 heavy (non-hydrogen) atoms. The van der Waals surface area contributed by atoms with Crippen LogP contribution in [0.4, 0.5) is 0 Å². The van der Waals surface area contributed by atoms with Crippen LogP contribution in [0.2, 0.25) is 0 Å². The zero-order chi connectivity index (χ0) is 19.8. The zero-order valence-corrected chi connectivity index (χ0v) is 17.6. The number of rotatable bonds is 4. The Balaban J connectivity index is 2.19. The van der Waals surface area contributed by atoms with Crippen LogP contribution in [-0.4, -0.2) is 36.4 Å². The number of thioether (sulfide) groups is 1. The van der Waals surface area contributed by atoms with Crippen LogP contribution < -0.4 is 0 Å². The number of aryl methyl sites for hydroxylation is 2. The molecule has 8 heteroatoms. The molecule has 3 rings (SSSR count). The van der Waals surface area contributed by atoms with Crippen molar-refractivity contribution in [1.82, 2.24) is 14.8 Å². The molecule has 0 radical (unpaired) electrons. The second kappa shape index (κ2) is 7.44. The van der Waals surface area contributed by atoms with Crippen molar-refractivity contribution >= 4 is 38.4 Å². The van der Waals surface area contributed by atoms with Gasteiger partial charge in [-0.15, -0.1) is 11.8 Å². The summed E-state index contributed by atoms with van der Waals surface area (Å²) in [7, 11) is -1.02. The van der Waals surface area contributed by atoms with Gasteiger partial charge in [0, 0.05) is 34.5 Å². The average Bonchev–Trinajstić information content (AvgIpc) is 2.89. The van der Waals surface area contributed by atoms with E-state index in [1.165, 1.54) is 12.5 Å². The van der Waals surface area contributed by atoms with Crippen molar-refractivity contribution in [3.8, 4) is 0 Å². The van der Waals surface area contributed by atoms with Gasteiger partial charge in [0.15, 0.2) is 5.65 Å². The lowest BCUT2D eigenvalue weighted by Crippen LogP contribution is -2.07. The molecule has 3 aromatic rings. The summed E-state index contributed by atoms with van der Waals surface area (Å²) >= 11 is 1.57. The maximum absolute atomic E-state index is 13.0. The number of hydrogen-bond acceptors (Lipinski definition) is 5. The first-order valence-electron chi connectivity index (χ1n) is 8.51. The fraction of sp³-hybridized carbons (Fsp3) is 0.316. The number of carbonyl (C=O) groups excluding carboxylic acids is 1. The predicted molar refractivity (Wildman–Crippen MR) is 110 cm³/mol. The van der Waals surface area contributed by atoms with E-state index < -0.39 is 15.6 Å². The lowest BCUT2D eigenvalue weighted by molar-refractivity contribution is 0.100. The zero-order valence-electron chi connectivity index (χ0n) is 16.0. The number of amides is 1. The summed E-state index contributed by atoms with van der Waals surface area (Å²) in [6.07, 6.45) is 3.00. The van der Waals surface area contributed by atoms with E-state index in [1.807, 2.05) is 20.0 Å². The molecule has 1 atom stereocenters. The van der Waals surface area contributed by atoms with Crippen LogP contribution in [0.1, 0.15) is 29.9 Å². The highest BCUT2D eigenvalue weighted by molar-refractivity contribution is 8.00. The second-order valence-corrected chi connectivity index (χ2v) is 10.4. The van der Waals surface area contributed by atoms with E-state index in [4.69, 9.17) is 0 Å². The van der Waals surface area contributed by atoms with Crippen LogP contribution in [0.15, 0.2) is 50.7 Å². The fourth-order valence-corrected chi connectivity index (χ4v) is 5.10. The average molecular weight is 403 g/mol. The van der Waals surface area contributed by atoms with Crippen LogP contribution in [-0.2, 0) is 16.8 Å². The lowest BCUT2D eigenvalue weighted by Gasteiger charge is -2.11. The monoisotopic (exact) mass is 402 g/mol. The number of pyridine rings is 1. The van der Waals surface area contributed by atoms with Crippen molar-refractivity contribution in [3.63, 3.8) is 0 Å². The number of aromatic nitrogens is 3. The predicted octanol–water partition coefficient (Wildman–Crippen LogP) is 4.07. The van der Waals surface area contributed by atoms with E-state index in [9.17, 15) is 9.00 Å². The second-order valence-electron chi connectivity index (χ2n) is 6.59. The molecule has 2 heterocycles. The first-order valence-corrected chi connectivity index (χ1v) is 11.3. The molecule has 0 aliphatic heterocycles. The van der Waals surface area contributed by atoms with Gasteiger partial charge in [0.1, 0.15) is 0 Å². The molecule has 0 unspecified atom stereocenters. The summed E-state index contributed by atoms with van der Waals surface area (Å²) in [6, 6.07) is 8.84. The molecular formula is C19H22N4O2S2. The molecule has 0 fully saturated rings. The van der Waals surface area contributed by atoms with Crippen molar-refractivity contribution < 1.29 is 9.00 Å². The van der Waals surface area contributed by atoms with Gasteiger partial charge in [0.25, 0.3) is 5.91 Å². The molecule has 142 valence electrons. The number of hydrogen-bond donors (Lipinski definition) is 0. The summed E-state index contributed by atoms with van der Waals surface area (Å²) < 4.78 is 18.8. The minimum Gasteiger partial charge on any atom is -0.266 e. The van der Waals surface area contributed by atoms with E-state index in [0.717, 1.165) is 16.0 Å². The summed E-state index contributed by atoms with van der Waals surface area (Å²) in [5.74, 6) is -0.521. The van der Waals surface area contributed by atoms with Gasteiger partial charge < -0.3 is 0 Å². The van der Waals surface area contributed by atoms with Gasteiger partial charge in [0.2, 0.25) is 0 Å². The quantitative estimate of drug-likeness (QED) is 0.615. The van der Waals surface area contributed by atoms with Gasteiger partial charge in [-0.25, -0.2) is 9.19 Å². The highest BCUT2D eigenvalue weighted by Crippen LogP contribution is 2.35. The Labute approximate surface area is 163 Å².